The van der Waals surface area contributed by atoms with Gasteiger partial charge in [-0.2, -0.15) is 5.26 Å². The summed E-state index contributed by atoms with van der Waals surface area (Å²) in [5.74, 6) is -0.859. The molecule has 1 fully saturated rings. The molecule has 2 aliphatic heterocycles. The normalized spacial score (nSPS) is 16.3. The van der Waals surface area contributed by atoms with Crippen molar-refractivity contribution < 1.29 is 23.9 Å². The van der Waals surface area contributed by atoms with Crippen LogP contribution in [0.5, 0.6) is 5.75 Å². The molecule has 2 aromatic carbocycles. The summed E-state index contributed by atoms with van der Waals surface area (Å²) >= 11 is 0. The molecule has 11 nitrogen and oxygen atoms in total. The lowest BCUT2D eigenvalue weighted by molar-refractivity contribution is -0.155. The number of aromatic nitrogens is 1. The molecule has 1 unspecified atom stereocenters. The van der Waals surface area contributed by atoms with Crippen molar-refractivity contribution in [3.8, 4) is 11.8 Å². The fraction of sp³-hybridized carbons (Fsp3) is 0.417. The minimum Gasteiger partial charge on any atom is -0.489 e. The summed E-state index contributed by atoms with van der Waals surface area (Å²) in [5.41, 5.74) is 9.87. The quantitative estimate of drug-likeness (QED) is 0.304. The summed E-state index contributed by atoms with van der Waals surface area (Å²) in [6.07, 6.45) is 1.81. The standard InChI is InChI=1S/C36H42N6O5/c1-24(40-16-18-41(19-17-40)28-13-12-27(20-37)39-21-28)26-10-8-25(9-11-26)23-46-32-7-5-6-29-30(32)22-42(35(29)45)31(34(38)44)14-15-33(43)47-36(2,3)4/h5-13,21,24,31H,14-19,22-23H2,1-4H3,(H2,38,44)/t24-,31?/m1/s1. The molecule has 0 radical (unpaired) electrons. The van der Waals surface area contributed by atoms with Gasteiger partial charge in [-0.3, -0.25) is 19.3 Å². The lowest BCUT2D eigenvalue weighted by Crippen LogP contribution is -2.47. The Balaban J connectivity index is 1.16. The molecule has 246 valence electrons. The number of esters is 1. The lowest BCUT2D eigenvalue weighted by Gasteiger charge is -2.39. The van der Waals surface area contributed by atoms with Gasteiger partial charge in [0, 0.05) is 49.8 Å². The van der Waals surface area contributed by atoms with Crippen LogP contribution in [0.2, 0.25) is 0 Å². The van der Waals surface area contributed by atoms with Crippen molar-refractivity contribution in [2.45, 2.75) is 71.4 Å². The van der Waals surface area contributed by atoms with Gasteiger partial charge in [0.25, 0.3) is 5.91 Å². The first-order valence-corrected chi connectivity index (χ1v) is 15.9. The van der Waals surface area contributed by atoms with Gasteiger partial charge in [0.2, 0.25) is 5.91 Å². The van der Waals surface area contributed by atoms with Crippen molar-refractivity contribution in [2.24, 2.45) is 5.73 Å². The van der Waals surface area contributed by atoms with Crippen LogP contribution in [-0.2, 0) is 27.5 Å². The average molecular weight is 639 g/mol. The third-order valence-electron chi connectivity index (χ3n) is 8.65. The highest BCUT2D eigenvalue weighted by molar-refractivity contribution is 6.01. The first-order valence-electron chi connectivity index (χ1n) is 15.9. The van der Waals surface area contributed by atoms with Crippen LogP contribution in [0.25, 0.3) is 0 Å². The number of ether oxygens (including phenoxy) is 2. The highest BCUT2D eigenvalue weighted by Crippen LogP contribution is 2.34. The Bertz CT molecular complexity index is 1640. The molecule has 2 amide bonds. The molecular weight excluding hydrogens is 596 g/mol. The van der Waals surface area contributed by atoms with Gasteiger partial charge in [-0.25, -0.2) is 4.98 Å². The first-order chi connectivity index (χ1) is 22.4. The molecule has 47 heavy (non-hydrogen) atoms. The summed E-state index contributed by atoms with van der Waals surface area (Å²) < 4.78 is 11.6. The number of anilines is 1. The fourth-order valence-corrected chi connectivity index (χ4v) is 6.08. The summed E-state index contributed by atoms with van der Waals surface area (Å²) in [7, 11) is 0. The van der Waals surface area contributed by atoms with Gasteiger partial charge < -0.3 is 25.0 Å². The van der Waals surface area contributed by atoms with E-state index in [1.54, 1.807) is 45.2 Å². The summed E-state index contributed by atoms with van der Waals surface area (Å²) in [6.45, 7) is 11.6. The Morgan fingerprint density at radius 2 is 1.77 bits per heavy atom. The number of amides is 2. The van der Waals surface area contributed by atoms with Gasteiger partial charge >= 0.3 is 5.97 Å². The molecule has 2 aliphatic rings. The van der Waals surface area contributed by atoms with Gasteiger partial charge in [0.1, 0.15) is 35.8 Å². The average Bonchev–Trinajstić information content (AvgIpc) is 3.39. The first kappa shape index (κ1) is 33.4. The Labute approximate surface area is 275 Å². The van der Waals surface area contributed by atoms with Crippen LogP contribution in [0.15, 0.2) is 60.8 Å². The number of nitrogens with two attached hydrogens (primary N) is 1. The SMILES string of the molecule is C[C@H](c1ccc(COc2cccc3c2CN(C(CCC(=O)OC(C)(C)C)C(N)=O)C3=O)cc1)N1CCN(c2ccc(C#N)nc2)CC1. The van der Waals surface area contributed by atoms with Gasteiger partial charge in [0.05, 0.1) is 18.4 Å². The van der Waals surface area contributed by atoms with Crippen LogP contribution in [-0.4, -0.2) is 70.4 Å². The molecule has 3 heterocycles. The molecule has 0 spiro atoms. The number of nitriles is 1. The number of nitrogens with zero attached hydrogens (tertiary/aromatic N) is 5. The van der Waals surface area contributed by atoms with E-state index in [0.717, 1.165) is 37.4 Å². The number of carbonyl (C=O) groups is 3. The molecule has 0 aliphatic carbocycles. The van der Waals surface area contributed by atoms with E-state index in [2.05, 4.69) is 52.0 Å². The lowest BCUT2D eigenvalue weighted by atomic mass is 10.0. The number of rotatable bonds is 11. The second-order valence-corrected chi connectivity index (χ2v) is 13.0. The second kappa shape index (κ2) is 14.2. The molecule has 2 atom stereocenters. The van der Waals surface area contributed by atoms with E-state index < -0.39 is 23.5 Å². The van der Waals surface area contributed by atoms with Crippen molar-refractivity contribution in [1.29, 1.82) is 5.26 Å². The van der Waals surface area contributed by atoms with E-state index in [9.17, 15) is 14.4 Å². The van der Waals surface area contributed by atoms with Gasteiger partial charge in [0.15, 0.2) is 0 Å². The van der Waals surface area contributed by atoms with E-state index in [1.165, 1.54) is 10.5 Å². The van der Waals surface area contributed by atoms with Gasteiger partial charge in [-0.1, -0.05) is 30.3 Å². The van der Waals surface area contributed by atoms with E-state index >= 15 is 0 Å². The number of hydrogen-bond donors (Lipinski definition) is 1. The maximum absolute atomic E-state index is 13.3. The van der Waals surface area contributed by atoms with E-state index in [1.807, 2.05) is 12.1 Å². The molecule has 11 heteroatoms. The highest BCUT2D eigenvalue weighted by atomic mass is 16.6. The summed E-state index contributed by atoms with van der Waals surface area (Å²) in [4.78, 5) is 48.3. The molecule has 1 aromatic heterocycles. The molecule has 3 aromatic rings. The number of piperazine rings is 1. The molecular formula is C36H42N6O5. The Morgan fingerprint density at radius 1 is 1.04 bits per heavy atom. The number of primary amides is 1. The monoisotopic (exact) mass is 638 g/mol. The van der Waals surface area contributed by atoms with Crippen molar-refractivity contribution >= 4 is 23.5 Å². The van der Waals surface area contributed by atoms with Gasteiger partial charge in [-0.05, 0) is 69.5 Å². The molecule has 2 N–H and O–H groups in total. The van der Waals surface area contributed by atoms with Crippen LogP contribution < -0.4 is 15.4 Å². The van der Waals surface area contributed by atoms with Crippen molar-refractivity contribution in [3.63, 3.8) is 0 Å². The van der Waals surface area contributed by atoms with E-state index in [0.29, 0.717) is 29.2 Å². The Morgan fingerprint density at radius 3 is 2.38 bits per heavy atom. The zero-order chi connectivity index (χ0) is 33.7. The summed E-state index contributed by atoms with van der Waals surface area (Å²) in [5, 5.41) is 9.00. The number of pyridine rings is 1. The number of carbonyl (C=O) groups excluding carboxylic acids is 3. The number of fused-ring (bicyclic) bond motifs is 1. The van der Waals surface area contributed by atoms with Crippen LogP contribution in [0.3, 0.4) is 0 Å². The van der Waals surface area contributed by atoms with Crippen LogP contribution in [0.4, 0.5) is 5.69 Å². The maximum atomic E-state index is 13.3. The Hall–Kier alpha value is -4.95. The van der Waals surface area contributed by atoms with Crippen LogP contribution in [0, 0.1) is 11.3 Å². The highest BCUT2D eigenvalue weighted by Gasteiger charge is 2.37. The minimum absolute atomic E-state index is 0.0323. The molecule has 5 rings (SSSR count). The predicted octanol–water partition coefficient (Wildman–Crippen LogP) is 4.35. The van der Waals surface area contributed by atoms with Gasteiger partial charge in [-0.15, -0.1) is 0 Å². The zero-order valence-corrected chi connectivity index (χ0v) is 27.4. The van der Waals surface area contributed by atoms with Crippen molar-refractivity contribution in [1.82, 2.24) is 14.8 Å². The Kier molecular flexibility index (Phi) is 10.1. The minimum atomic E-state index is -0.944. The van der Waals surface area contributed by atoms with Crippen LogP contribution in [0.1, 0.15) is 79.3 Å². The predicted molar refractivity (Wildman–Crippen MR) is 176 cm³/mol. The topological polar surface area (TPSA) is 142 Å². The molecule has 1 saturated heterocycles. The van der Waals surface area contributed by atoms with Crippen molar-refractivity contribution in [3.05, 3.63) is 88.7 Å². The largest absolute Gasteiger partial charge is 0.489 e. The summed E-state index contributed by atoms with van der Waals surface area (Å²) in [6, 6.07) is 18.7. The zero-order valence-electron chi connectivity index (χ0n) is 27.4. The van der Waals surface area contributed by atoms with E-state index in [4.69, 9.17) is 20.5 Å². The maximum Gasteiger partial charge on any atom is 0.306 e. The van der Waals surface area contributed by atoms with E-state index in [-0.39, 0.29) is 31.3 Å². The molecule has 0 saturated carbocycles. The van der Waals surface area contributed by atoms with Crippen molar-refractivity contribution in [2.75, 3.05) is 31.1 Å². The third kappa shape index (κ3) is 8.07. The van der Waals surface area contributed by atoms with Crippen LogP contribution >= 0.6 is 0 Å². The fourth-order valence-electron chi connectivity index (χ4n) is 6.08. The smallest absolute Gasteiger partial charge is 0.306 e. The molecule has 0 bridgehead atoms. The number of hydrogen-bond acceptors (Lipinski definition) is 9. The third-order valence-corrected chi connectivity index (χ3v) is 8.65. The second-order valence-electron chi connectivity index (χ2n) is 13.0. The number of benzene rings is 2.